The molecular weight excluding hydrogens is 326 g/mol. The van der Waals surface area contributed by atoms with Gasteiger partial charge in [-0.1, -0.05) is 66.7 Å². The summed E-state index contributed by atoms with van der Waals surface area (Å²) in [5.74, 6) is 0. The molecule has 0 saturated carbocycles. The van der Waals surface area contributed by atoms with Crippen LogP contribution in [0.2, 0.25) is 0 Å². The predicted octanol–water partition coefficient (Wildman–Crippen LogP) is 7.26. The van der Waals surface area contributed by atoms with Crippen LogP contribution in [-0.2, 0) is 0 Å². The largest absolute Gasteiger partial charge is 0.310 e. The van der Waals surface area contributed by atoms with Crippen molar-refractivity contribution < 1.29 is 0 Å². The first-order valence-electron chi connectivity index (χ1n) is 9.13. The Balaban J connectivity index is 1.76. The highest BCUT2D eigenvalue weighted by molar-refractivity contribution is 6.08. The summed E-state index contributed by atoms with van der Waals surface area (Å²) in [6, 6.07) is 41.6. The fraction of sp³-hybridized carbons (Fsp3) is 0. The molecule has 0 aliphatic rings. The van der Waals surface area contributed by atoms with Crippen molar-refractivity contribution in [1.29, 1.82) is 0 Å². The van der Waals surface area contributed by atoms with Gasteiger partial charge in [-0.2, -0.15) is 0 Å². The summed E-state index contributed by atoms with van der Waals surface area (Å²) in [5.41, 5.74) is 3.45. The lowest BCUT2D eigenvalue weighted by molar-refractivity contribution is 1.29. The quantitative estimate of drug-likeness (QED) is 0.311. The SMILES string of the molecule is [c]1cc2ccc(N(c3ccccc3)c3ccccc3)cc2c2ccccc12. The Morgan fingerprint density at radius 2 is 1.15 bits per heavy atom. The van der Waals surface area contributed by atoms with Crippen molar-refractivity contribution in [3.8, 4) is 0 Å². The molecule has 0 fully saturated rings. The van der Waals surface area contributed by atoms with Gasteiger partial charge in [-0.3, -0.25) is 0 Å². The smallest absolute Gasteiger partial charge is 0.0468 e. The Morgan fingerprint density at radius 1 is 0.519 bits per heavy atom. The highest BCUT2D eigenvalue weighted by Gasteiger charge is 2.12. The van der Waals surface area contributed by atoms with Crippen molar-refractivity contribution in [3.63, 3.8) is 0 Å². The van der Waals surface area contributed by atoms with Gasteiger partial charge in [-0.05, 0) is 70.1 Å². The fourth-order valence-corrected chi connectivity index (χ4v) is 3.64. The first-order valence-corrected chi connectivity index (χ1v) is 9.13. The van der Waals surface area contributed by atoms with Crippen LogP contribution in [0.15, 0.2) is 109 Å². The van der Waals surface area contributed by atoms with E-state index in [0.717, 1.165) is 22.4 Å². The minimum atomic E-state index is 1.15. The fourth-order valence-electron chi connectivity index (χ4n) is 3.64. The maximum absolute atomic E-state index is 3.39. The van der Waals surface area contributed by atoms with E-state index < -0.39 is 0 Å². The summed E-state index contributed by atoms with van der Waals surface area (Å²) in [6.45, 7) is 0. The molecule has 1 nitrogen and oxygen atoms in total. The van der Waals surface area contributed by atoms with Crippen LogP contribution in [0.4, 0.5) is 17.1 Å². The number of benzene rings is 5. The highest BCUT2D eigenvalue weighted by atomic mass is 15.1. The van der Waals surface area contributed by atoms with Crippen molar-refractivity contribution in [2.24, 2.45) is 0 Å². The molecule has 5 rings (SSSR count). The maximum Gasteiger partial charge on any atom is 0.0468 e. The van der Waals surface area contributed by atoms with Crippen LogP contribution in [0, 0.1) is 6.07 Å². The second kappa shape index (κ2) is 6.62. The standard InChI is InChI=1S/C26H18N/c1-3-10-22(11-4-1)27(23-12-5-2-6-13-23)24-18-17-21-16-15-20-9-7-8-14-25(20)26(21)19-24/h1-14,16-19H. The number of nitrogens with zero attached hydrogens (tertiary/aromatic N) is 1. The summed E-state index contributed by atoms with van der Waals surface area (Å²) < 4.78 is 0. The van der Waals surface area contributed by atoms with Crippen molar-refractivity contribution in [3.05, 3.63) is 115 Å². The second-order valence-corrected chi connectivity index (χ2v) is 6.61. The Kier molecular flexibility index (Phi) is 3.84. The number of hydrogen-bond acceptors (Lipinski definition) is 1. The van der Waals surface area contributed by atoms with Crippen molar-refractivity contribution in [1.82, 2.24) is 0 Å². The van der Waals surface area contributed by atoms with Gasteiger partial charge in [0.2, 0.25) is 0 Å². The molecule has 0 saturated heterocycles. The molecule has 0 atom stereocenters. The van der Waals surface area contributed by atoms with Crippen LogP contribution in [0.25, 0.3) is 21.5 Å². The number of rotatable bonds is 3. The van der Waals surface area contributed by atoms with E-state index in [2.05, 4.69) is 120 Å². The number of anilines is 3. The van der Waals surface area contributed by atoms with E-state index in [1.807, 2.05) is 0 Å². The van der Waals surface area contributed by atoms with Crippen LogP contribution >= 0.6 is 0 Å². The molecule has 5 aromatic rings. The van der Waals surface area contributed by atoms with E-state index in [1.54, 1.807) is 0 Å². The van der Waals surface area contributed by atoms with Crippen LogP contribution in [0.3, 0.4) is 0 Å². The third-order valence-electron chi connectivity index (χ3n) is 4.92. The summed E-state index contributed by atoms with van der Waals surface area (Å²) >= 11 is 0. The van der Waals surface area contributed by atoms with E-state index >= 15 is 0 Å². The molecule has 27 heavy (non-hydrogen) atoms. The van der Waals surface area contributed by atoms with Gasteiger partial charge in [-0.25, -0.2) is 0 Å². The monoisotopic (exact) mass is 344 g/mol. The Morgan fingerprint density at radius 3 is 1.85 bits per heavy atom. The molecule has 0 aromatic heterocycles. The summed E-state index contributed by atoms with van der Waals surface area (Å²) in [6.07, 6.45) is 0. The summed E-state index contributed by atoms with van der Waals surface area (Å²) in [4.78, 5) is 2.30. The molecule has 0 bridgehead atoms. The average Bonchev–Trinajstić information content (AvgIpc) is 2.75. The predicted molar refractivity (Wildman–Crippen MR) is 115 cm³/mol. The summed E-state index contributed by atoms with van der Waals surface area (Å²) in [5, 5.41) is 4.84. The zero-order valence-electron chi connectivity index (χ0n) is 14.8. The van der Waals surface area contributed by atoms with Crippen molar-refractivity contribution in [2.75, 3.05) is 4.90 Å². The zero-order chi connectivity index (χ0) is 18.1. The van der Waals surface area contributed by atoms with E-state index in [-0.39, 0.29) is 0 Å². The van der Waals surface area contributed by atoms with Gasteiger partial charge in [0.15, 0.2) is 0 Å². The average molecular weight is 344 g/mol. The molecule has 1 heteroatoms. The van der Waals surface area contributed by atoms with Gasteiger partial charge in [0.25, 0.3) is 0 Å². The minimum absolute atomic E-state index is 1.15. The first kappa shape index (κ1) is 15.7. The molecule has 0 unspecified atom stereocenters. The van der Waals surface area contributed by atoms with Crippen molar-refractivity contribution in [2.45, 2.75) is 0 Å². The normalized spacial score (nSPS) is 11.0. The molecule has 0 N–H and O–H groups in total. The molecular formula is C26H18N. The van der Waals surface area contributed by atoms with Crippen LogP contribution in [0.5, 0.6) is 0 Å². The van der Waals surface area contributed by atoms with E-state index in [9.17, 15) is 0 Å². The van der Waals surface area contributed by atoms with Gasteiger partial charge < -0.3 is 4.90 Å². The zero-order valence-corrected chi connectivity index (χ0v) is 14.8. The minimum Gasteiger partial charge on any atom is -0.310 e. The van der Waals surface area contributed by atoms with Gasteiger partial charge in [0, 0.05) is 17.1 Å². The van der Waals surface area contributed by atoms with Gasteiger partial charge in [-0.15, -0.1) is 0 Å². The van der Waals surface area contributed by atoms with Gasteiger partial charge in [0.05, 0.1) is 0 Å². The van der Waals surface area contributed by atoms with E-state index in [0.29, 0.717) is 0 Å². The molecule has 0 amide bonds. The van der Waals surface area contributed by atoms with Gasteiger partial charge >= 0.3 is 0 Å². The molecule has 0 heterocycles. The third-order valence-corrected chi connectivity index (χ3v) is 4.92. The molecule has 1 radical (unpaired) electrons. The molecule has 0 aliphatic carbocycles. The van der Waals surface area contributed by atoms with Crippen molar-refractivity contribution >= 4 is 38.6 Å². The van der Waals surface area contributed by atoms with Crippen LogP contribution in [0.1, 0.15) is 0 Å². The van der Waals surface area contributed by atoms with E-state index in [4.69, 9.17) is 0 Å². The Bertz CT molecular complexity index is 1170. The van der Waals surface area contributed by atoms with Crippen LogP contribution in [-0.4, -0.2) is 0 Å². The Hall–Kier alpha value is -3.58. The highest BCUT2D eigenvalue weighted by Crippen LogP contribution is 2.37. The number of fused-ring (bicyclic) bond motifs is 3. The molecule has 0 aliphatic heterocycles. The maximum atomic E-state index is 3.39. The lowest BCUT2D eigenvalue weighted by Gasteiger charge is -2.25. The van der Waals surface area contributed by atoms with Gasteiger partial charge in [0.1, 0.15) is 0 Å². The molecule has 5 aromatic carbocycles. The third kappa shape index (κ3) is 2.84. The summed E-state index contributed by atoms with van der Waals surface area (Å²) in [7, 11) is 0. The second-order valence-electron chi connectivity index (χ2n) is 6.61. The lowest BCUT2D eigenvalue weighted by atomic mass is 10.0. The van der Waals surface area contributed by atoms with E-state index in [1.165, 1.54) is 16.2 Å². The molecule has 127 valence electrons. The first-order chi connectivity index (χ1) is 13.4. The topological polar surface area (TPSA) is 3.24 Å². The van der Waals surface area contributed by atoms with Crippen LogP contribution < -0.4 is 4.90 Å². The molecule has 0 spiro atoms. The lowest BCUT2D eigenvalue weighted by Crippen LogP contribution is -2.09. The number of hydrogen-bond donors (Lipinski definition) is 0. The Labute approximate surface area is 159 Å². The number of para-hydroxylation sites is 2.